The van der Waals surface area contributed by atoms with Crippen molar-refractivity contribution in [3.63, 3.8) is 0 Å². The number of carboxylic acids is 1. The summed E-state index contributed by atoms with van der Waals surface area (Å²) in [6.45, 7) is -1.12. The van der Waals surface area contributed by atoms with E-state index in [1.54, 1.807) is 93.0 Å². The Hall–Kier alpha value is -7.89. The van der Waals surface area contributed by atoms with Crippen LogP contribution in [0.25, 0.3) is 17.8 Å². The molecular formula is C58H72F7N17O6. The first-order chi connectivity index (χ1) is 41.8. The SMILES string of the molecule is CN(C)C(=O)C1CC1c1cc(NC2CCC(F)(F)CC2)nc(-n2ccc(CF)n2)n1.CN(C)C(=O)C1CC1c1cc(NC2CCC(F)(F)CC2)nc(-n2ccc(CO)n2)n1.O=C(O)C1CC1c1cc(NC2CCC(F)(F)CC2)nc(-n2ccc(CO)n2)n1. The number of aliphatic hydroxyl groups is 2. The van der Waals surface area contributed by atoms with Crippen molar-refractivity contribution < 1.29 is 60.4 Å². The maximum atomic E-state index is 13.5. The van der Waals surface area contributed by atoms with E-state index in [2.05, 4.69) is 61.2 Å². The van der Waals surface area contributed by atoms with Crippen LogP contribution < -0.4 is 16.0 Å². The quantitative estimate of drug-likeness (QED) is 0.0445. The smallest absolute Gasteiger partial charge is 0.307 e. The summed E-state index contributed by atoms with van der Waals surface area (Å²) in [5.41, 5.74) is 3.21. The van der Waals surface area contributed by atoms with Crippen molar-refractivity contribution in [1.29, 1.82) is 0 Å². The van der Waals surface area contributed by atoms with Gasteiger partial charge in [0.15, 0.2) is 0 Å². The predicted molar refractivity (Wildman–Crippen MR) is 304 cm³/mol. The summed E-state index contributed by atoms with van der Waals surface area (Å²) >= 11 is 0. The lowest BCUT2D eigenvalue weighted by atomic mass is 9.92. The van der Waals surface area contributed by atoms with Crippen LogP contribution in [0.15, 0.2) is 55.0 Å². The third kappa shape index (κ3) is 15.9. The second-order valence-electron chi connectivity index (χ2n) is 24.1. The first-order valence-corrected chi connectivity index (χ1v) is 29.5. The van der Waals surface area contributed by atoms with Gasteiger partial charge in [0.25, 0.3) is 17.8 Å². The molecular weight excluding hydrogens is 1160 g/mol. The van der Waals surface area contributed by atoms with Crippen LogP contribution in [0.3, 0.4) is 0 Å². The Kier molecular flexibility index (Phi) is 18.7. The van der Waals surface area contributed by atoms with E-state index < -0.39 is 36.3 Å². The molecule has 6 aromatic heterocycles. The number of rotatable bonds is 18. The summed E-state index contributed by atoms with van der Waals surface area (Å²) in [5.74, 6) is -7.21. The van der Waals surface area contributed by atoms with Crippen LogP contribution in [0, 0.1) is 17.8 Å². The molecule has 0 radical (unpaired) electrons. The zero-order valence-corrected chi connectivity index (χ0v) is 49.1. The number of amides is 2. The number of anilines is 3. The molecule has 6 N–H and O–H groups in total. The number of carbonyl (C=O) groups is 3. The number of nitrogens with zero attached hydrogens (tertiary/aromatic N) is 14. The number of alkyl halides is 7. The Bertz CT molecular complexity index is 3270. The average Bonchev–Trinajstić information content (AvgIpc) is 2.80. The van der Waals surface area contributed by atoms with Crippen molar-refractivity contribution in [2.45, 2.75) is 170 Å². The normalized spacial score (nSPS) is 23.5. The van der Waals surface area contributed by atoms with Crippen molar-refractivity contribution in [2.24, 2.45) is 17.8 Å². The molecule has 0 spiro atoms. The number of hydrogen-bond donors (Lipinski definition) is 6. The Morgan fingerprint density at radius 1 is 0.500 bits per heavy atom. The first kappa shape index (κ1) is 63.1. The minimum absolute atomic E-state index is 0.00855. The molecule has 6 atom stereocenters. The van der Waals surface area contributed by atoms with E-state index in [0.717, 1.165) is 5.69 Å². The molecule has 6 aromatic rings. The maximum Gasteiger partial charge on any atom is 0.307 e. The summed E-state index contributed by atoms with van der Waals surface area (Å²) in [4.78, 5) is 66.0. The van der Waals surface area contributed by atoms with E-state index in [0.29, 0.717) is 104 Å². The van der Waals surface area contributed by atoms with Gasteiger partial charge in [-0.05, 0) is 76.0 Å². The fourth-order valence-corrected chi connectivity index (χ4v) is 11.3. The van der Waals surface area contributed by atoms with Crippen LogP contribution in [0.5, 0.6) is 0 Å². The molecule has 0 saturated heterocycles. The summed E-state index contributed by atoms with van der Waals surface area (Å²) < 4.78 is 97.9. The number of hydrogen-bond acceptors (Lipinski definition) is 17. The van der Waals surface area contributed by atoms with Gasteiger partial charge < -0.3 is 41.1 Å². The van der Waals surface area contributed by atoms with Crippen molar-refractivity contribution in [3.05, 3.63) is 89.2 Å². The van der Waals surface area contributed by atoms with Crippen molar-refractivity contribution in [1.82, 2.24) is 69.0 Å². The van der Waals surface area contributed by atoms with Crippen LogP contribution in [0.2, 0.25) is 0 Å². The van der Waals surface area contributed by atoms with Gasteiger partial charge in [-0.2, -0.15) is 30.2 Å². The van der Waals surface area contributed by atoms with Gasteiger partial charge >= 0.3 is 5.97 Å². The van der Waals surface area contributed by atoms with Crippen molar-refractivity contribution in [3.8, 4) is 17.8 Å². The molecule has 6 aliphatic carbocycles. The number of halogens is 7. The molecule has 0 aliphatic heterocycles. The van der Waals surface area contributed by atoms with Crippen LogP contribution in [-0.4, -0.2) is 166 Å². The third-order valence-electron chi connectivity index (χ3n) is 16.8. The molecule has 474 valence electrons. The maximum absolute atomic E-state index is 13.5. The van der Waals surface area contributed by atoms with Gasteiger partial charge in [-0.3, -0.25) is 14.4 Å². The van der Waals surface area contributed by atoms with Crippen molar-refractivity contribution in [2.75, 3.05) is 44.1 Å². The molecule has 0 aromatic carbocycles. The Balaban J connectivity index is 0.000000146. The lowest BCUT2D eigenvalue weighted by molar-refractivity contribution is -0.138. The molecule has 12 rings (SSSR count). The predicted octanol–water partition coefficient (Wildman–Crippen LogP) is 7.98. The third-order valence-corrected chi connectivity index (χ3v) is 16.8. The van der Waals surface area contributed by atoms with Gasteiger partial charge in [0.1, 0.15) is 24.1 Å². The van der Waals surface area contributed by atoms with Gasteiger partial charge in [0.2, 0.25) is 29.6 Å². The van der Waals surface area contributed by atoms with E-state index in [4.69, 9.17) is 0 Å². The molecule has 6 aliphatic rings. The van der Waals surface area contributed by atoms with E-state index >= 15 is 0 Å². The average molecular weight is 1240 g/mol. The summed E-state index contributed by atoms with van der Waals surface area (Å²) in [7, 11) is 6.90. The highest BCUT2D eigenvalue weighted by molar-refractivity contribution is 5.83. The van der Waals surface area contributed by atoms with Crippen LogP contribution in [-0.2, 0) is 34.3 Å². The highest BCUT2D eigenvalue weighted by Gasteiger charge is 2.48. The summed E-state index contributed by atoms with van der Waals surface area (Å²) in [6, 6.07) is 9.79. The van der Waals surface area contributed by atoms with Gasteiger partial charge in [-0.1, -0.05) is 0 Å². The lowest BCUT2D eigenvalue weighted by Crippen LogP contribution is -2.32. The topological polar surface area (TPSA) is 285 Å². The number of nitrogens with one attached hydrogen (secondary N) is 3. The zero-order chi connectivity index (χ0) is 62.8. The molecule has 6 fully saturated rings. The molecule has 6 saturated carbocycles. The highest BCUT2D eigenvalue weighted by Crippen LogP contribution is 2.50. The first-order valence-electron chi connectivity index (χ1n) is 29.5. The highest BCUT2D eigenvalue weighted by atomic mass is 19.3. The van der Waals surface area contributed by atoms with Crippen molar-refractivity contribution >= 4 is 35.2 Å². The number of carboxylic acid groups (broad SMARTS) is 1. The molecule has 6 heterocycles. The Labute approximate surface area is 502 Å². The minimum atomic E-state index is -2.61. The van der Waals surface area contributed by atoms with Gasteiger partial charge in [0.05, 0.1) is 53.3 Å². The number of aromatic nitrogens is 12. The Morgan fingerprint density at radius 3 is 1.06 bits per heavy atom. The zero-order valence-electron chi connectivity index (χ0n) is 49.1. The largest absolute Gasteiger partial charge is 0.481 e. The van der Waals surface area contributed by atoms with Gasteiger partial charge in [-0.15, -0.1) is 0 Å². The second-order valence-corrected chi connectivity index (χ2v) is 24.1. The van der Waals surface area contributed by atoms with Crippen LogP contribution in [0.4, 0.5) is 48.2 Å². The molecule has 0 bridgehead atoms. The number of aliphatic hydroxyl groups excluding tert-OH is 2. The summed E-state index contributed by atoms with van der Waals surface area (Å²) in [6.07, 6.45) is 7.90. The lowest BCUT2D eigenvalue weighted by Gasteiger charge is -2.29. The second kappa shape index (κ2) is 26.1. The fraction of sp³-hybridized carbons (Fsp3) is 0.586. The molecule has 6 unspecified atom stereocenters. The van der Waals surface area contributed by atoms with Gasteiger partial charge in [0, 0.05) is 151 Å². The van der Waals surface area contributed by atoms with Gasteiger partial charge in [-0.25, -0.2) is 59.7 Å². The number of carbonyl (C=O) groups excluding carboxylic acids is 2. The Morgan fingerprint density at radius 2 is 0.795 bits per heavy atom. The number of aliphatic carboxylic acids is 1. The molecule has 88 heavy (non-hydrogen) atoms. The van der Waals surface area contributed by atoms with E-state index in [-0.39, 0.29) is 129 Å². The van der Waals surface area contributed by atoms with E-state index in [9.17, 15) is 60.4 Å². The standard InChI is InChI=1S/C20H25F3N6O.C20H26F2N6O2.C18H21F2N5O3/c1-28(2)18(30)15-9-14(15)16-10-17(24-12-3-6-20(22,23)7-4-12)26-19(25-16)29-8-5-13(11-21)27-29;1-27(2)18(30)15-9-14(15)16-10-17(23-12-3-6-20(21,22)7-4-12)25-19(24-16)28-8-5-13(11-29)26-28;19-18(20)4-1-10(2-5-18)21-15-8-14(12-7-13(12)16(27)28)22-17(23-15)25-6-3-11(9-26)24-25/h5,8,10,12,14-15H,3-4,6-7,9,11H2,1-2H3,(H,24,25,26);5,8,10,12,14-15,29H,3-4,6-7,9,11H2,1-2H3,(H,23,24,25);3,6,8,10,12-13,26H,1-2,4-5,7,9H2,(H,27,28)(H,21,22,23). The summed E-state index contributed by atoms with van der Waals surface area (Å²) in [5, 5.41) is 50.0. The molecule has 30 heteroatoms. The fourth-order valence-electron chi connectivity index (χ4n) is 11.3. The molecule has 23 nitrogen and oxygen atoms in total. The monoisotopic (exact) mass is 1240 g/mol. The van der Waals surface area contributed by atoms with E-state index in [1.807, 2.05) is 0 Å². The molecule has 2 amide bonds. The minimum Gasteiger partial charge on any atom is -0.481 e. The van der Waals surface area contributed by atoms with E-state index in [1.165, 1.54) is 14.0 Å². The van der Waals surface area contributed by atoms with Crippen LogP contribution >= 0.6 is 0 Å². The van der Waals surface area contributed by atoms with Crippen LogP contribution in [0.1, 0.15) is 148 Å².